The first-order chi connectivity index (χ1) is 7.43. The van der Waals surface area contributed by atoms with Gasteiger partial charge in [-0.1, -0.05) is 27.7 Å². The molecule has 0 aliphatic heterocycles. The van der Waals surface area contributed by atoms with Crippen LogP contribution in [0.2, 0.25) is 0 Å². The van der Waals surface area contributed by atoms with Gasteiger partial charge in [0, 0.05) is 0 Å². The summed E-state index contributed by atoms with van der Waals surface area (Å²) in [6, 6.07) is 0. The van der Waals surface area contributed by atoms with E-state index in [1.165, 1.54) is 33.4 Å². The van der Waals surface area contributed by atoms with Crippen LogP contribution in [0.5, 0.6) is 0 Å². The SMILES string of the molecule is CC1=[C-]CC(C)=C1C.CC1=[C-]CC(C)=C1C.[Zr+2]. The molecule has 2 aliphatic carbocycles. The number of hydrogen-bond acceptors (Lipinski definition) is 0. The van der Waals surface area contributed by atoms with Gasteiger partial charge >= 0.3 is 26.2 Å². The van der Waals surface area contributed by atoms with E-state index in [2.05, 4.69) is 53.7 Å². The van der Waals surface area contributed by atoms with Crippen molar-refractivity contribution in [3.63, 3.8) is 0 Å². The fraction of sp³-hybridized carbons (Fsp3) is 0.500. The Hall–Kier alpha value is -0.157. The van der Waals surface area contributed by atoms with E-state index in [-0.39, 0.29) is 26.2 Å². The van der Waals surface area contributed by atoms with Crippen LogP contribution in [0.3, 0.4) is 0 Å². The summed E-state index contributed by atoms with van der Waals surface area (Å²) in [6.07, 6.45) is 8.63. The van der Waals surface area contributed by atoms with Gasteiger partial charge in [0.2, 0.25) is 0 Å². The molecule has 0 unspecified atom stereocenters. The first-order valence-electron chi connectivity index (χ1n) is 5.91. The maximum Gasteiger partial charge on any atom is 2.00 e. The summed E-state index contributed by atoms with van der Waals surface area (Å²) in [7, 11) is 0. The Bertz CT molecular complexity index is 352. The Balaban J connectivity index is 0.000000284. The smallest absolute Gasteiger partial charge is 0.269 e. The van der Waals surface area contributed by atoms with E-state index >= 15 is 0 Å². The van der Waals surface area contributed by atoms with Crippen molar-refractivity contribution < 1.29 is 26.2 Å². The zero-order valence-corrected chi connectivity index (χ0v) is 14.4. The minimum Gasteiger partial charge on any atom is -0.269 e. The quantitative estimate of drug-likeness (QED) is 0.556. The number of allylic oxidation sites excluding steroid dienone is 8. The molecule has 2 aliphatic rings. The first kappa shape index (κ1) is 16.8. The van der Waals surface area contributed by atoms with E-state index in [9.17, 15) is 0 Å². The van der Waals surface area contributed by atoms with Gasteiger partial charge in [-0.25, -0.2) is 11.1 Å². The van der Waals surface area contributed by atoms with Crippen molar-refractivity contribution >= 4 is 0 Å². The van der Waals surface area contributed by atoms with Crippen LogP contribution in [-0.4, -0.2) is 0 Å². The van der Waals surface area contributed by atoms with Gasteiger partial charge in [-0.2, -0.15) is 22.3 Å². The average molecular weight is 306 g/mol. The van der Waals surface area contributed by atoms with Crippen LogP contribution >= 0.6 is 0 Å². The van der Waals surface area contributed by atoms with Crippen molar-refractivity contribution in [3.05, 3.63) is 45.6 Å². The third kappa shape index (κ3) is 4.55. The largest absolute Gasteiger partial charge is 2.00 e. The minimum absolute atomic E-state index is 0. The Morgan fingerprint density at radius 1 is 0.647 bits per heavy atom. The van der Waals surface area contributed by atoms with Gasteiger partial charge in [0.15, 0.2) is 0 Å². The zero-order chi connectivity index (χ0) is 12.3. The summed E-state index contributed by atoms with van der Waals surface area (Å²) in [6.45, 7) is 12.9. The molecule has 0 bridgehead atoms. The molecule has 0 N–H and O–H groups in total. The van der Waals surface area contributed by atoms with Gasteiger partial charge in [-0.3, -0.25) is 12.2 Å². The van der Waals surface area contributed by atoms with E-state index in [1.807, 2.05) is 0 Å². The van der Waals surface area contributed by atoms with Crippen molar-refractivity contribution in [2.45, 2.75) is 54.4 Å². The van der Waals surface area contributed by atoms with Crippen LogP contribution in [0, 0.1) is 12.2 Å². The molecule has 17 heavy (non-hydrogen) atoms. The zero-order valence-electron chi connectivity index (χ0n) is 11.9. The predicted octanol–water partition coefficient (Wildman–Crippen LogP) is 4.95. The van der Waals surface area contributed by atoms with Crippen LogP contribution in [0.15, 0.2) is 33.4 Å². The Morgan fingerprint density at radius 3 is 1.00 bits per heavy atom. The molecule has 0 heterocycles. The van der Waals surface area contributed by atoms with Crippen molar-refractivity contribution in [2.24, 2.45) is 0 Å². The van der Waals surface area contributed by atoms with E-state index in [4.69, 9.17) is 0 Å². The predicted molar refractivity (Wildman–Crippen MR) is 70.8 cm³/mol. The van der Waals surface area contributed by atoms with Gasteiger partial charge in [0.1, 0.15) is 0 Å². The van der Waals surface area contributed by atoms with Gasteiger partial charge < -0.3 is 0 Å². The molecule has 0 fully saturated rings. The fourth-order valence-electron chi connectivity index (χ4n) is 1.70. The second-order valence-electron chi connectivity index (χ2n) is 4.77. The van der Waals surface area contributed by atoms with E-state index < -0.39 is 0 Å². The van der Waals surface area contributed by atoms with Crippen molar-refractivity contribution in [3.8, 4) is 0 Å². The van der Waals surface area contributed by atoms with Crippen LogP contribution in [-0.2, 0) is 26.2 Å². The topological polar surface area (TPSA) is 0 Å². The van der Waals surface area contributed by atoms with Crippen LogP contribution in [0.1, 0.15) is 54.4 Å². The Kier molecular flexibility index (Phi) is 7.25. The molecule has 0 radical (unpaired) electrons. The van der Waals surface area contributed by atoms with Crippen LogP contribution < -0.4 is 0 Å². The van der Waals surface area contributed by atoms with Crippen molar-refractivity contribution in [1.29, 1.82) is 0 Å². The average Bonchev–Trinajstić information content (AvgIpc) is 2.70. The first-order valence-corrected chi connectivity index (χ1v) is 5.91. The number of hydrogen-bond donors (Lipinski definition) is 0. The second kappa shape index (κ2) is 7.32. The molecule has 0 saturated heterocycles. The summed E-state index contributed by atoms with van der Waals surface area (Å²) in [5.74, 6) is 0. The molecular formula is C16H22Zr. The summed E-state index contributed by atoms with van der Waals surface area (Å²) in [5, 5.41) is 0. The monoisotopic (exact) mass is 304 g/mol. The third-order valence-corrected chi connectivity index (χ3v) is 3.64. The van der Waals surface area contributed by atoms with Gasteiger partial charge in [-0.05, 0) is 0 Å². The van der Waals surface area contributed by atoms with E-state index in [0.717, 1.165) is 12.8 Å². The van der Waals surface area contributed by atoms with Crippen molar-refractivity contribution in [2.75, 3.05) is 0 Å². The molecular weight excluding hydrogens is 283 g/mol. The van der Waals surface area contributed by atoms with Crippen LogP contribution in [0.4, 0.5) is 0 Å². The Labute approximate surface area is 126 Å². The normalized spacial score (nSPS) is 18.5. The molecule has 0 atom stereocenters. The summed E-state index contributed by atoms with van der Waals surface area (Å²) >= 11 is 0. The van der Waals surface area contributed by atoms with Crippen LogP contribution in [0.25, 0.3) is 0 Å². The molecule has 0 saturated carbocycles. The third-order valence-electron chi connectivity index (χ3n) is 3.64. The molecule has 90 valence electrons. The maximum atomic E-state index is 3.26. The molecule has 2 rings (SSSR count). The summed E-state index contributed by atoms with van der Waals surface area (Å²) in [5.41, 5.74) is 8.49. The van der Waals surface area contributed by atoms with Gasteiger partial charge in [0.25, 0.3) is 0 Å². The number of rotatable bonds is 0. The molecule has 0 aromatic carbocycles. The van der Waals surface area contributed by atoms with E-state index in [1.54, 1.807) is 0 Å². The minimum atomic E-state index is 0. The van der Waals surface area contributed by atoms with E-state index in [0.29, 0.717) is 0 Å². The second-order valence-corrected chi connectivity index (χ2v) is 4.77. The summed E-state index contributed by atoms with van der Waals surface area (Å²) in [4.78, 5) is 0. The molecule has 0 spiro atoms. The molecule has 0 aromatic heterocycles. The fourth-order valence-corrected chi connectivity index (χ4v) is 1.70. The molecule has 1 heteroatoms. The molecule has 0 amide bonds. The van der Waals surface area contributed by atoms with Crippen molar-refractivity contribution in [1.82, 2.24) is 0 Å². The maximum absolute atomic E-state index is 3.26. The van der Waals surface area contributed by atoms with Gasteiger partial charge in [0.05, 0.1) is 0 Å². The molecule has 0 nitrogen and oxygen atoms in total. The van der Waals surface area contributed by atoms with Gasteiger partial charge in [-0.15, -0.1) is 26.7 Å². The summed E-state index contributed by atoms with van der Waals surface area (Å²) < 4.78 is 0. The standard InChI is InChI=1S/2C8H11.Zr/c2*1-6-4-5-7(2)8(6)3;/h2*4H2,1-3H3;/q2*-1;+2. The Morgan fingerprint density at radius 2 is 0.941 bits per heavy atom. The molecule has 0 aromatic rings.